The van der Waals surface area contributed by atoms with Crippen LogP contribution in [0, 0.1) is 0 Å². The first kappa shape index (κ1) is 43.1. The number of hydrogen-bond donors (Lipinski definition) is 0. The molecule has 0 atom stereocenters. The Morgan fingerprint density at radius 3 is 1.82 bits per heavy atom. The van der Waals surface area contributed by atoms with Crippen LogP contribution in [0.25, 0.3) is 60.2 Å². The molecule has 0 spiro atoms. The maximum absolute atomic E-state index is 4.56. The highest BCUT2D eigenvalue weighted by Gasteiger charge is 2.53. The van der Waals surface area contributed by atoms with Gasteiger partial charge in [0.15, 0.2) is 11.0 Å². The van der Waals surface area contributed by atoms with Crippen LogP contribution in [0.15, 0.2) is 213 Å². The minimum Gasteiger partial charge on any atom is -0.310 e. The molecule has 5 nitrogen and oxygen atoms in total. The van der Waals surface area contributed by atoms with Crippen molar-refractivity contribution >= 4 is 83.7 Å². The van der Waals surface area contributed by atoms with Gasteiger partial charge in [0.1, 0.15) is 5.69 Å². The van der Waals surface area contributed by atoms with Crippen LogP contribution in [0.3, 0.4) is 0 Å². The van der Waals surface area contributed by atoms with Gasteiger partial charge < -0.3 is 9.80 Å². The molecule has 0 N–H and O–H groups in total. The van der Waals surface area contributed by atoms with Gasteiger partial charge in [-0.3, -0.25) is 9.46 Å². The molecule has 2 aliphatic heterocycles. The molecule has 0 bridgehead atoms. The Hall–Kier alpha value is -8.00. The SMILES string of the molecule is CC(C)(C)c1ccc(N2c3cc(N(c4ccccc4)c4ccccc4)cc4c3B(c3sc5ccc(-c6cccnc6)cc5c32)[n+]2c(C(C)(C)C)n(-c3ccc(-c5ccccc5)cc3)c3cccc-4c32)cc1. The van der Waals surface area contributed by atoms with Crippen LogP contribution in [0.2, 0.25) is 0 Å². The molecule has 0 amide bonds. The molecule has 0 radical (unpaired) electrons. The van der Waals surface area contributed by atoms with Crippen LogP contribution in [0.1, 0.15) is 52.9 Å². The second-order valence-corrected chi connectivity index (χ2v) is 22.2. The number of anilines is 6. The van der Waals surface area contributed by atoms with Gasteiger partial charge in [-0.1, -0.05) is 130 Å². The molecule has 71 heavy (non-hydrogen) atoms. The summed E-state index contributed by atoms with van der Waals surface area (Å²) in [5, 5.41) is 1.23. The normalized spacial score (nSPS) is 12.9. The average molecular weight is 935 g/mol. The first-order valence-electron chi connectivity index (χ1n) is 24.7. The Morgan fingerprint density at radius 1 is 0.535 bits per heavy atom. The van der Waals surface area contributed by atoms with Crippen LogP contribution in [0.4, 0.5) is 34.1 Å². The van der Waals surface area contributed by atoms with Crippen LogP contribution in [-0.4, -0.2) is 16.4 Å². The molecule has 3 aromatic heterocycles. The zero-order valence-corrected chi connectivity index (χ0v) is 41.7. The summed E-state index contributed by atoms with van der Waals surface area (Å²) in [6, 6.07) is 74.1. The molecule has 0 unspecified atom stereocenters. The Balaban J connectivity index is 1.17. The fourth-order valence-electron chi connectivity index (χ4n) is 11.3. The summed E-state index contributed by atoms with van der Waals surface area (Å²) in [5.41, 5.74) is 19.9. The molecule has 0 saturated heterocycles. The number of rotatable bonds is 7. The number of benzene rings is 8. The van der Waals surface area contributed by atoms with E-state index >= 15 is 0 Å². The zero-order chi connectivity index (χ0) is 48.2. The van der Waals surface area contributed by atoms with Crippen LogP contribution < -0.4 is 24.5 Å². The standard InChI is InChI=1S/C64H53BN5S/c1-63(2,3)46-30-34-49(35-31-46)68-56-40-51(67(47-21-12-8-13-22-47)48-23-14-9-15-24-48)39-53-52-25-16-26-55-59(52)70(62(64(4,5)6)69(55)50-32-27-43(28-33-50)42-18-10-7-11-19-42)65(58(53)56)61-60(68)54-38-44(29-36-57(54)71-61)45-20-17-37-66-41-45/h7-41H,1-6H3/q+1. The van der Waals surface area contributed by atoms with Gasteiger partial charge in [-0.15, -0.1) is 11.3 Å². The smallest absolute Gasteiger partial charge is 0.310 e. The van der Waals surface area contributed by atoms with E-state index in [9.17, 15) is 0 Å². The van der Waals surface area contributed by atoms with E-state index in [4.69, 9.17) is 0 Å². The molecule has 0 fully saturated rings. The third-order valence-electron chi connectivity index (χ3n) is 14.5. The summed E-state index contributed by atoms with van der Waals surface area (Å²) in [5.74, 6) is 1.26. The van der Waals surface area contributed by atoms with E-state index in [1.807, 2.05) is 29.8 Å². The highest BCUT2D eigenvalue weighted by molar-refractivity contribution is 7.31. The summed E-state index contributed by atoms with van der Waals surface area (Å²) in [6.45, 7) is 13.9. The van der Waals surface area contributed by atoms with Crippen molar-refractivity contribution in [2.45, 2.75) is 52.4 Å². The number of hydrogen-bond acceptors (Lipinski definition) is 4. The van der Waals surface area contributed by atoms with Gasteiger partial charge in [0.2, 0.25) is 5.82 Å². The maximum Gasteiger partial charge on any atom is 0.462 e. The molecule has 0 saturated carbocycles. The molecule has 11 aromatic rings. The Bertz CT molecular complexity index is 3770. The molecule has 13 rings (SSSR count). The van der Waals surface area contributed by atoms with Gasteiger partial charge in [0.05, 0.1) is 15.9 Å². The van der Waals surface area contributed by atoms with Gasteiger partial charge in [0, 0.05) is 67.5 Å². The van der Waals surface area contributed by atoms with E-state index in [1.165, 1.54) is 76.4 Å². The van der Waals surface area contributed by atoms with E-state index in [0.717, 1.165) is 39.6 Å². The quantitative estimate of drug-likeness (QED) is 0.149. The average Bonchev–Trinajstić information content (AvgIpc) is 3.96. The summed E-state index contributed by atoms with van der Waals surface area (Å²) in [7, 11) is 0. The van der Waals surface area contributed by atoms with Crippen molar-refractivity contribution in [3.63, 3.8) is 0 Å². The Labute approximate surface area is 420 Å². The monoisotopic (exact) mass is 934 g/mol. The number of fused-ring (bicyclic) bond motifs is 6. The lowest BCUT2D eigenvalue weighted by Gasteiger charge is -2.38. The minimum atomic E-state index is -0.270. The van der Waals surface area contributed by atoms with Crippen LogP contribution >= 0.6 is 11.3 Å². The van der Waals surface area contributed by atoms with Crippen molar-refractivity contribution in [2.24, 2.45) is 0 Å². The van der Waals surface area contributed by atoms with Crippen molar-refractivity contribution in [2.75, 3.05) is 9.80 Å². The van der Waals surface area contributed by atoms with Crippen molar-refractivity contribution in [1.29, 1.82) is 0 Å². The van der Waals surface area contributed by atoms with Crippen molar-refractivity contribution in [1.82, 2.24) is 9.55 Å². The predicted octanol–water partition coefficient (Wildman–Crippen LogP) is 15.3. The van der Waals surface area contributed by atoms with Crippen LogP contribution in [-0.2, 0) is 10.8 Å². The summed E-state index contributed by atoms with van der Waals surface area (Å²) in [6.07, 6.45) is 3.83. The van der Waals surface area contributed by atoms with Gasteiger partial charge in [-0.2, -0.15) is 4.57 Å². The fraction of sp³-hybridized carbons (Fsp3) is 0.125. The highest BCUT2D eigenvalue weighted by atomic mass is 32.1. The molecular formula is C64H53BN5S+. The maximum atomic E-state index is 4.56. The van der Waals surface area contributed by atoms with Crippen molar-refractivity contribution in [3.8, 4) is 39.1 Å². The lowest BCUT2D eigenvalue weighted by atomic mass is 9.48. The van der Waals surface area contributed by atoms with E-state index in [1.54, 1.807) is 0 Å². The topological polar surface area (TPSA) is 28.2 Å². The van der Waals surface area contributed by atoms with Crippen molar-refractivity contribution in [3.05, 3.63) is 224 Å². The highest BCUT2D eigenvalue weighted by Crippen LogP contribution is 2.50. The number of pyridine rings is 1. The lowest BCUT2D eigenvalue weighted by Crippen LogP contribution is -2.71. The van der Waals surface area contributed by atoms with Crippen LogP contribution in [0.5, 0.6) is 0 Å². The molecule has 342 valence electrons. The first-order chi connectivity index (χ1) is 34.5. The summed E-state index contributed by atoms with van der Waals surface area (Å²) in [4.78, 5) is 9.59. The van der Waals surface area contributed by atoms with Gasteiger partial charge >= 0.3 is 6.85 Å². The number of thiophene rings is 1. The third-order valence-corrected chi connectivity index (χ3v) is 15.7. The summed E-state index contributed by atoms with van der Waals surface area (Å²) >= 11 is 1.94. The van der Waals surface area contributed by atoms with E-state index in [0.29, 0.717) is 0 Å². The third kappa shape index (κ3) is 6.97. The van der Waals surface area contributed by atoms with E-state index in [2.05, 4.69) is 259 Å². The number of imidazole rings is 1. The van der Waals surface area contributed by atoms with E-state index in [-0.39, 0.29) is 17.7 Å². The Kier molecular flexibility index (Phi) is 9.88. The second-order valence-electron chi connectivity index (χ2n) is 21.1. The fourth-order valence-corrected chi connectivity index (χ4v) is 12.6. The van der Waals surface area contributed by atoms with Crippen molar-refractivity contribution < 1.29 is 4.48 Å². The second kappa shape index (κ2) is 16.3. The predicted molar refractivity (Wildman–Crippen MR) is 300 cm³/mol. The van der Waals surface area contributed by atoms with Gasteiger partial charge in [-0.05, 0) is 145 Å². The number of para-hydroxylation sites is 3. The molecule has 8 aromatic carbocycles. The zero-order valence-electron chi connectivity index (χ0n) is 40.9. The lowest BCUT2D eigenvalue weighted by molar-refractivity contribution is -0.519. The first-order valence-corrected chi connectivity index (χ1v) is 25.5. The molecule has 2 aliphatic rings. The van der Waals surface area contributed by atoms with Gasteiger partial charge in [0.25, 0.3) is 0 Å². The Morgan fingerprint density at radius 2 is 1.17 bits per heavy atom. The number of nitrogens with zero attached hydrogens (tertiary/aromatic N) is 5. The largest absolute Gasteiger partial charge is 0.462 e. The molecule has 0 aliphatic carbocycles. The molecular weight excluding hydrogens is 882 g/mol. The van der Waals surface area contributed by atoms with E-state index < -0.39 is 0 Å². The number of aromatic nitrogens is 3. The molecule has 7 heteroatoms. The molecule has 5 heterocycles. The van der Waals surface area contributed by atoms with Gasteiger partial charge in [-0.25, -0.2) is 0 Å². The minimum absolute atomic E-state index is 0.000560. The summed E-state index contributed by atoms with van der Waals surface area (Å²) < 4.78 is 7.89.